The van der Waals surface area contributed by atoms with E-state index < -0.39 is 48.4 Å². The molecule has 2 atom stereocenters. The Labute approximate surface area is 150 Å². The van der Waals surface area contributed by atoms with Crippen LogP contribution in [0, 0.1) is 11.6 Å². The van der Waals surface area contributed by atoms with Gasteiger partial charge in [-0.3, -0.25) is 0 Å². The number of hydrogen-bond donors (Lipinski definition) is 1. The fourth-order valence-corrected chi connectivity index (χ4v) is 7.71. The summed E-state index contributed by atoms with van der Waals surface area (Å²) in [4.78, 5) is -0.140. The van der Waals surface area contributed by atoms with Crippen molar-refractivity contribution in [2.75, 3.05) is 11.5 Å². The third kappa shape index (κ3) is 3.94. The standard InChI is InChI=1S/C17H17F2NO4S2/c18-13-5-7-14(8-6-13)26(23,24)17-11-25(21,22)10-16(17)20-9-12-3-1-2-4-15(12)19/h1-8,16-17,20H,9-11H2/t16-,17-/m0/s1. The van der Waals surface area contributed by atoms with Crippen LogP contribution < -0.4 is 5.32 Å². The van der Waals surface area contributed by atoms with Gasteiger partial charge in [0.15, 0.2) is 19.7 Å². The molecule has 0 amide bonds. The molecule has 1 heterocycles. The van der Waals surface area contributed by atoms with Crippen molar-refractivity contribution in [3.05, 3.63) is 65.7 Å². The molecule has 1 aliphatic heterocycles. The van der Waals surface area contributed by atoms with Gasteiger partial charge in [0.05, 0.1) is 21.7 Å². The van der Waals surface area contributed by atoms with Crippen LogP contribution in [-0.4, -0.2) is 39.6 Å². The number of benzene rings is 2. The molecule has 0 aromatic heterocycles. The van der Waals surface area contributed by atoms with Crippen molar-refractivity contribution in [1.29, 1.82) is 0 Å². The Bertz CT molecular complexity index is 1010. The molecule has 26 heavy (non-hydrogen) atoms. The van der Waals surface area contributed by atoms with Gasteiger partial charge in [-0.15, -0.1) is 0 Å². The van der Waals surface area contributed by atoms with Gasteiger partial charge >= 0.3 is 0 Å². The second kappa shape index (κ2) is 7.05. The largest absolute Gasteiger partial charge is 0.307 e. The summed E-state index contributed by atoms with van der Waals surface area (Å²) in [5, 5.41) is 1.64. The summed E-state index contributed by atoms with van der Waals surface area (Å²) in [6.45, 7) is 0.00228. The topological polar surface area (TPSA) is 80.3 Å². The second-order valence-electron chi connectivity index (χ2n) is 6.19. The van der Waals surface area contributed by atoms with Gasteiger partial charge in [-0.2, -0.15) is 0 Å². The molecule has 0 unspecified atom stereocenters. The van der Waals surface area contributed by atoms with Gasteiger partial charge in [0.1, 0.15) is 11.6 Å². The average Bonchev–Trinajstić information content (AvgIpc) is 2.90. The van der Waals surface area contributed by atoms with Crippen LogP contribution in [0.1, 0.15) is 5.56 Å². The van der Waals surface area contributed by atoms with E-state index in [9.17, 15) is 25.6 Å². The zero-order valence-corrected chi connectivity index (χ0v) is 15.2. The molecule has 3 rings (SSSR count). The fraction of sp³-hybridized carbons (Fsp3) is 0.294. The lowest BCUT2D eigenvalue weighted by Crippen LogP contribution is -2.43. The van der Waals surface area contributed by atoms with E-state index in [1.807, 2.05) is 0 Å². The molecule has 0 radical (unpaired) electrons. The van der Waals surface area contributed by atoms with Crippen LogP contribution >= 0.6 is 0 Å². The minimum atomic E-state index is -3.99. The van der Waals surface area contributed by atoms with E-state index in [0.717, 1.165) is 24.3 Å². The van der Waals surface area contributed by atoms with Crippen molar-refractivity contribution in [2.24, 2.45) is 0 Å². The summed E-state index contributed by atoms with van der Waals surface area (Å²) in [7, 11) is -7.56. The first-order chi connectivity index (χ1) is 12.2. The highest BCUT2D eigenvalue weighted by atomic mass is 32.2. The van der Waals surface area contributed by atoms with E-state index in [1.54, 1.807) is 6.07 Å². The predicted molar refractivity (Wildman–Crippen MR) is 93.1 cm³/mol. The predicted octanol–water partition coefficient (Wildman–Crippen LogP) is 1.69. The van der Waals surface area contributed by atoms with Crippen molar-refractivity contribution in [1.82, 2.24) is 5.32 Å². The molecular weight excluding hydrogens is 384 g/mol. The summed E-state index contributed by atoms with van der Waals surface area (Å²) in [6, 6.07) is 9.35. The van der Waals surface area contributed by atoms with Crippen LogP contribution in [0.3, 0.4) is 0 Å². The van der Waals surface area contributed by atoms with Crippen molar-refractivity contribution in [3.8, 4) is 0 Å². The summed E-state index contributed by atoms with van der Waals surface area (Å²) in [6.07, 6.45) is 0. The van der Waals surface area contributed by atoms with E-state index in [0.29, 0.717) is 5.56 Å². The molecule has 0 aliphatic carbocycles. The lowest BCUT2D eigenvalue weighted by atomic mass is 10.2. The first-order valence-corrected chi connectivity index (χ1v) is 11.2. The van der Waals surface area contributed by atoms with E-state index in [4.69, 9.17) is 0 Å². The molecule has 140 valence electrons. The van der Waals surface area contributed by atoms with Crippen molar-refractivity contribution >= 4 is 19.7 Å². The molecule has 1 fully saturated rings. The summed E-state index contributed by atoms with van der Waals surface area (Å²) >= 11 is 0. The highest BCUT2D eigenvalue weighted by Crippen LogP contribution is 2.26. The number of halogens is 2. The number of hydrogen-bond acceptors (Lipinski definition) is 5. The van der Waals surface area contributed by atoms with Crippen molar-refractivity contribution in [3.63, 3.8) is 0 Å². The molecule has 2 aromatic rings. The first-order valence-electron chi connectivity index (χ1n) is 7.86. The summed E-state index contributed by atoms with van der Waals surface area (Å²) < 4.78 is 76.5. The third-order valence-electron chi connectivity index (χ3n) is 4.35. The Kier molecular flexibility index (Phi) is 5.14. The molecule has 1 saturated heterocycles. The maximum Gasteiger partial charge on any atom is 0.183 e. The summed E-state index contributed by atoms with van der Waals surface area (Å²) in [5.41, 5.74) is 0.315. The van der Waals surface area contributed by atoms with Gasteiger partial charge in [0.25, 0.3) is 0 Å². The average molecular weight is 401 g/mol. The molecule has 0 spiro atoms. The van der Waals surface area contributed by atoms with Crippen LogP contribution in [-0.2, 0) is 26.2 Å². The monoisotopic (exact) mass is 401 g/mol. The molecule has 0 saturated carbocycles. The van der Waals surface area contributed by atoms with E-state index in [2.05, 4.69) is 5.32 Å². The summed E-state index contributed by atoms with van der Waals surface area (Å²) in [5.74, 6) is -1.93. The Morgan fingerprint density at radius 1 is 1.00 bits per heavy atom. The van der Waals surface area contributed by atoms with Crippen LogP contribution in [0.4, 0.5) is 8.78 Å². The maximum absolute atomic E-state index is 13.7. The zero-order chi connectivity index (χ0) is 18.9. The van der Waals surface area contributed by atoms with E-state index in [1.165, 1.54) is 18.2 Å². The Morgan fingerprint density at radius 2 is 1.65 bits per heavy atom. The number of sulfone groups is 2. The third-order valence-corrected chi connectivity index (χ3v) is 8.52. The van der Waals surface area contributed by atoms with Crippen molar-refractivity contribution in [2.45, 2.75) is 22.7 Å². The minimum Gasteiger partial charge on any atom is -0.307 e. The van der Waals surface area contributed by atoms with Gasteiger partial charge in [-0.1, -0.05) is 18.2 Å². The Morgan fingerprint density at radius 3 is 2.31 bits per heavy atom. The molecule has 9 heteroatoms. The maximum atomic E-state index is 13.7. The lowest BCUT2D eigenvalue weighted by Gasteiger charge is -2.20. The van der Waals surface area contributed by atoms with Crippen LogP contribution in [0.25, 0.3) is 0 Å². The lowest BCUT2D eigenvalue weighted by molar-refractivity contribution is 0.515. The normalized spacial score (nSPS) is 22.4. The van der Waals surface area contributed by atoms with Gasteiger partial charge < -0.3 is 5.32 Å². The minimum absolute atomic E-state index is 0.00228. The van der Waals surface area contributed by atoms with Gasteiger partial charge in [-0.25, -0.2) is 25.6 Å². The van der Waals surface area contributed by atoms with E-state index >= 15 is 0 Å². The number of rotatable bonds is 5. The highest BCUT2D eigenvalue weighted by Gasteiger charge is 2.45. The smallest absolute Gasteiger partial charge is 0.183 e. The molecule has 5 nitrogen and oxygen atoms in total. The molecule has 2 aromatic carbocycles. The van der Waals surface area contributed by atoms with Gasteiger partial charge in [-0.05, 0) is 30.3 Å². The van der Waals surface area contributed by atoms with Gasteiger partial charge in [0, 0.05) is 18.2 Å². The van der Waals surface area contributed by atoms with Crippen LogP contribution in [0.2, 0.25) is 0 Å². The van der Waals surface area contributed by atoms with E-state index in [-0.39, 0.29) is 17.2 Å². The quantitative estimate of drug-likeness (QED) is 0.772. The number of nitrogens with one attached hydrogen (secondary N) is 1. The second-order valence-corrected chi connectivity index (χ2v) is 10.5. The van der Waals surface area contributed by atoms with Crippen LogP contribution in [0.5, 0.6) is 0 Å². The molecule has 0 bridgehead atoms. The zero-order valence-electron chi connectivity index (χ0n) is 13.6. The molecule has 1 aliphatic rings. The van der Waals surface area contributed by atoms with Crippen molar-refractivity contribution < 1.29 is 25.6 Å². The molecular formula is C17H17F2NO4S2. The van der Waals surface area contributed by atoms with Gasteiger partial charge in [0.2, 0.25) is 0 Å². The van der Waals surface area contributed by atoms with Crippen LogP contribution in [0.15, 0.2) is 53.4 Å². The SMILES string of the molecule is O=S1(=O)C[C@H](NCc2ccccc2F)[C@@H](S(=O)(=O)c2ccc(F)cc2)C1. The fourth-order valence-electron chi connectivity index (χ4n) is 2.99. The Hall–Kier alpha value is -1.84. The highest BCUT2D eigenvalue weighted by molar-refractivity contribution is 7.96. The molecule has 1 N–H and O–H groups in total. The first kappa shape index (κ1) is 18.9. The Balaban J connectivity index is 1.86.